The Morgan fingerprint density at radius 2 is 1.76 bits per heavy atom. The van der Waals surface area contributed by atoms with Crippen LogP contribution in [0.2, 0.25) is 0 Å². The first-order valence-corrected chi connectivity index (χ1v) is 15.0. The minimum Gasteiger partial charge on any atom is -0.389 e. The number of nitrogens with zero attached hydrogens (tertiary/aromatic N) is 2. The molecule has 1 amide bonds. The summed E-state index contributed by atoms with van der Waals surface area (Å²) in [6.07, 6.45) is 2.93. The Bertz CT molecular complexity index is 1180. The van der Waals surface area contributed by atoms with E-state index in [1.807, 2.05) is 21.9 Å². The highest BCUT2D eigenvalue weighted by Gasteiger charge is 2.21. The number of benzene rings is 2. The van der Waals surface area contributed by atoms with Crippen LogP contribution in [0.4, 0.5) is 0 Å². The maximum Gasteiger partial charge on any atom is 0.237 e. The van der Waals surface area contributed by atoms with E-state index in [1.54, 1.807) is 7.11 Å². The maximum absolute atomic E-state index is 13.9. The molecule has 1 heterocycles. The van der Waals surface area contributed by atoms with Crippen molar-refractivity contribution >= 4 is 16.8 Å². The summed E-state index contributed by atoms with van der Waals surface area (Å²) in [5, 5.41) is 11.9. The van der Waals surface area contributed by atoms with Crippen molar-refractivity contribution in [3.63, 3.8) is 0 Å². The Morgan fingerprint density at radius 3 is 2.44 bits per heavy atom. The van der Waals surface area contributed by atoms with E-state index in [1.165, 1.54) is 16.5 Å². The summed E-state index contributed by atoms with van der Waals surface area (Å²) in [6.45, 7) is 14.7. The van der Waals surface area contributed by atoms with Crippen LogP contribution >= 0.6 is 0 Å². The van der Waals surface area contributed by atoms with Gasteiger partial charge in [-0.15, -0.1) is 0 Å². The van der Waals surface area contributed by atoms with Crippen LogP contribution in [0.5, 0.6) is 0 Å². The number of hydrogen-bond donors (Lipinski definition) is 2. The molecule has 226 valence electrons. The van der Waals surface area contributed by atoms with Gasteiger partial charge in [-0.3, -0.25) is 9.69 Å². The molecule has 1 atom stereocenters. The van der Waals surface area contributed by atoms with Gasteiger partial charge in [0.25, 0.3) is 0 Å². The number of H-pyrrole nitrogens is 1. The monoisotopic (exact) mass is 565 g/mol. The highest BCUT2D eigenvalue weighted by molar-refractivity contribution is 5.83. The first kappa shape index (κ1) is 32.8. The molecule has 0 aliphatic carbocycles. The van der Waals surface area contributed by atoms with Gasteiger partial charge >= 0.3 is 0 Å². The average molecular weight is 566 g/mol. The van der Waals surface area contributed by atoms with E-state index in [9.17, 15) is 9.90 Å². The number of carbonyl (C=O) groups excluding carboxylic acids is 1. The Kier molecular flexibility index (Phi) is 12.9. The van der Waals surface area contributed by atoms with Crippen LogP contribution < -0.4 is 0 Å². The predicted molar refractivity (Wildman–Crippen MR) is 167 cm³/mol. The summed E-state index contributed by atoms with van der Waals surface area (Å²) in [5.41, 5.74) is 4.77. The lowest BCUT2D eigenvalue weighted by Gasteiger charge is -2.29. The third kappa shape index (κ3) is 10.9. The first-order chi connectivity index (χ1) is 19.6. The number of aliphatic hydroxyl groups is 1. The molecule has 0 aliphatic heterocycles. The number of aromatic amines is 1. The number of para-hydroxylation sites is 1. The Balaban J connectivity index is 1.74. The summed E-state index contributed by atoms with van der Waals surface area (Å²) < 4.78 is 10.9. The molecule has 7 nitrogen and oxygen atoms in total. The van der Waals surface area contributed by atoms with E-state index in [-0.39, 0.29) is 24.5 Å². The Hall–Kier alpha value is -2.71. The molecule has 0 aliphatic rings. The van der Waals surface area contributed by atoms with E-state index < -0.39 is 6.10 Å². The predicted octanol–water partition coefficient (Wildman–Crippen LogP) is 5.41. The summed E-state index contributed by atoms with van der Waals surface area (Å²) in [4.78, 5) is 21.2. The van der Waals surface area contributed by atoms with Gasteiger partial charge < -0.3 is 24.5 Å². The van der Waals surface area contributed by atoms with Crippen LogP contribution in [0.3, 0.4) is 0 Å². The fourth-order valence-corrected chi connectivity index (χ4v) is 4.97. The van der Waals surface area contributed by atoms with Crippen LogP contribution in [0.1, 0.15) is 57.7 Å². The molecule has 0 bridgehead atoms. The van der Waals surface area contributed by atoms with Crippen molar-refractivity contribution in [2.24, 2.45) is 5.92 Å². The smallest absolute Gasteiger partial charge is 0.237 e. The van der Waals surface area contributed by atoms with Crippen LogP contribution in [-0.4, -0.2) is 85.0 Å². The SMILES string of the molecule is COCCCN(CC(=O)N(CCc1c[nH]c2ccccc12)Cc1ccc(C(C)(C)C)cc1)C[C@H](O)COCC(C)C. The molecule has 1 aromatic heterocycles. The number of aliphatic hydroxyl groups excluding tert-OH is 1. The fraction of sp³-hybridized carbons (Fsp3) is 0.559. The third-order valence-electron chi connectivity index (χ3n) is 7.28. The van der Waals surface area contributed by atoms with Crippen molar-refractivity contribution in [2.45, 2.75) is 65.5 Å². The number of ether oxygens (including phenoxy) is 2. The highest BCUT2D eigenvalue weighted by atomic mass is 16.5. The van der Waals surface area contributed by atoms with Crippen molar-refractivity contribution in [3.8, 4) is 0 Å². The van der Waals surface area contributed by atoms with Crippen molar-refractivity contribution in [1.82, 2.24) is 14.8 Å². The quantitative estimate of drug-likeness (QED) is 0.214. The van der Waals surface area contributed by atoms with Gasteiger partial charge in [0.1, 0.15) is 0 Å². The number of fused-ring (bicyclic) bond motifs is 1. The molecule has 41 heavy (non-hydrogen) atoms. The average Bonchev–Trinajstić information content (AvgIpc) is 3.33. The van der Waals surface area contributed by atoms with Gasteiger partial charge in [0.15, 0.2) is 0 Å². The molecular formula is C34H51N3O4. The maximum atomic E-state index is 13.9. The molecule has 3 rings (SSSR count). The van der Waals surface area contributed by atoms with Gasteiger partial charge in [-0.2, -0.15) is 0 Å². The normalized spacial score (nSPS) is 12.9. The second kappa shape index (κ2) is 16.1. The molecule has 3 aromatic rings. The topological polar surface area (TPSA) is 78.0 Å². The highest BCUT2D eigenvalue weighted by Crippen LogP contribution is 2.23. The van der Waals surface area contributed by atoms with Crippen LogP contribution in [0.25, 0.3) is 10.9 Å². The lowest BCUT2D eigenvalue weighted by molar-refractivity contribution is -0.133. The Labute approximate surface area is 246 Å². The summed E-state index contributed by atoms with van der Waals surface area (Å²) in [6, 6.07) is 16.9. The molecule has 2 N–H and O–H groups in total. The third-order valence-corrected chi connectivity index (χ3v) is 7.28. The van der Waals surface area contributed by atoms with E-state index in [0.717, 1.165) is 23.9 Å². The van der Waals surface area contributed by atoms with Crippen molar-refractivity contribution in [3.05, 3.63) is 71.4 Å². The number of aromatic nitrogens is 1. The number of carbonyl (C=O) groups is 1. The minimum atomic E-state index is -0.659. The van der Waals surface area contributed by atoms with Gasteiger partial charge in [-0.1, -0.05) is 77.1 Å². The summed E-state index contributed by atoms with van der Waals surface area (Å²) in [5.74, 6) is 0.460. The van der Waals surface area contributed by atoms with Gasteiger partial charge in [-0.05, 0) is 46.9 Å². The second-order valence-corrected chi connectivity index (χ2v) is 12.5. The van der Waals surface area contributed by atoms with E-state index in [4.69, 9.17) is 9.47 Å². The fourth-order valence-electron chi connectivity index (χ4n) is 4.97. The van der Waals surface area contributed by atoms with E-state index >= 15 is 0 Å². The molecule has 0 saturated carbocycles. The molecule has 2 aromatic carbocycles. The summed E-state index contributed by atoms with van der Waals surface area (Å²) in [7, 11) is 1.68. The van der Waals surface area contributed by atoms with Crippen LogP contribution in [0.15, 0.2) is 54.7 Å². The van der Waals surface area contributed by atoms with Crippen LogP contribution in [0, 0.1) is 5.92 Å². The standard InChI is InChI=1S/C34H51N3O4/c1-26(2)24-41-25-30(38)22-36(17-9-19-40-6)23-33(39)37(21-27-12-14-29(15-13-27)34(3,4)5)18-16-28-20-35-32-11-8-7-10-31(28)32/h7-8,10-15,20,26,30,35,38H,9,16-19,21-25H2,1-6H3/t30-/m0/s1. The van der Waals surface area contributed by atoms with Gasteiger partial charge in [0.2, 0.25) is 5.91 Å². The summed E-state index contributed by atoms with van der Waals surface area (Å²) >= 11 is 0. The zero-order valence-corrected chi connectivity index (χ0v) is 26.0. The van der Waals surface area contributed by atoms with Gasteiger partial charge in [0.05, 0.1) is 19.3 Å². The lowest BCUT2D eigenvalue weighted by Crippen LogP contribution is -2.44. The molecule has 0 unspecified atom stereocenters. The second-order valence-electron chi connectivity index (χ2n) is 12.5. The van der Waals surface area contributed by atoms with Gasteiger partial charge in [0, 0.05) is 63.6 Å². The largest absolute Gasteiger partial charge is 0.389 e. The van der Waals surface area contributed by atoms with Crippen molar-refractivity contribution in [2.75, 3.05) is 53.1 Å². The molecule has 7 heteroatoms. The van der Waals surface area contributed by atoms with E-state index in [2.05, 4.69) is 82.2 Å². The minimum absolute atomic E-state index is 0.0532. The Morgan fingerprint density at radius 1 is 1.02 bits per heavy atom. The molecule has 0 saturated heterocycles. The number of rotatable bonds is 17. The number of methoxy groups -OCH3 is 1. The van der Waals surface area contributed by atoms with Crippen LogP contribution in [-0.2, 0) is 32.6 Å². The molecule has 0 radical (unpaired) electrons. The zero-order chi connectivity index (χ0) is 29.8. The van der Waals surface area contributed by atoms with E-state index in [0.29, 0.717) is 45.3 Å². The van der Waals surface area contributed by atoms with Crippen molar-refractivity contribution in [1.29, 1.82) is 0 Å². The molecular weight excluding hydrogens is 514 g/mol. The zero-order valence-electron chi connectivity index (χ0n) is 26.0. The van der Waals surface area contributed by atoms with Crippen molar-refractivity contribution < 1.29 is 19.4 Å². The van der Waals surface area contributed by atoms with Gasteiger partial charge in [-0.25, -0.2) is 0 Å². The lowest BCUT2D eigenvalue weighted by atomic mass is 9.87. The number of hydrogen-bond acceptors (Lipinski definition) is 5. The first-order valence-electron chi connectivity index (χ1n) is 15.0. The number of nitrogens with one attached hydrogen (secondary N) is 1. The molecule has 0 spiro atoms. The number of amides is 1. The molecule has 0 fully saturated rings.